The number of hydrogen-bond donors (Lipinski definition) is 0. The van der Waals surface area contributed by atoms with Gasteiger partial charge in [0.1, 0.15) is 0 Å². The predicted octanol–water partition coefficient (Wildman–Crippen LogP) is 9.56. The van der Waals surface area contributed by atoms with Crippen LogP contribution >= 0.6 is 0 Å². The van der Waals surface area contributed by atoms with E-state index in [-0.39, 0.29) is 0 Å². The van der Waals surface area contributed by atoms with Gasteiger partial charge in [-0.15, -0.1) is 0 Å². The first-order valence-electron chi connectivity index (χ1n) is 16.5. The summed E-state index contributed by atoms with van der Waals surface area (Å²) in [4.78, 5) is 21.2. The molecule has 9 rings (SSSR count). The summed E-state index contributed by atoms with van der Waals surface area (Å²) in [6, 6.07) is 40.8. The second-order valence-electron chi connectivity index (χ2n) is 12.1. The van der Waals surface area contributed by atoms with Crippen molar-refractivity contribution in [1.82, 2.24) is 0 Å². The Morgan fingerprint density at radius 3 is 0.880 bits per heavy atom. The Morgan fingerprint density at radius 1 is 0.320 bits per heavy atom. The molecule has 0 amide bonds. The zero-order chi connectivity index (χ0) is 33.4. The van der Waals surface area contributed by atoms with E-state index in [9.17, 15) is 5.26 Å². The lowest BCUT2D eigenvalue weighted by molar-refractivity contribution is 1.40. The van der Waals surface area contributed by atoms with Crippen molar-refractivity contribution >= 4 is 45.1 Å². The summed E-state index contributed by atoms with van der Waals surface area (Å²) >= 11 is 0. The minimum Gasteiger partial charge on any atom is -0.248 e. The van der Waals surface area contributed by atoms with Crippen LogP contribution in [0.3, 0.4) is 0 Å². The van der Waals surface area contributed by atoms with E-state index in [0.717, 1.165) is 90.2 Å². The molecule has 5 aliphatic rings. The highest BCUT2D eigenvalue weighted by Gasteiger charge is 2.27. The third-order valence-electron chi connectivity index (χ3n) is 9.10. The normalized spacial score (nSPS) is 17.4. The lowest BCUT2D eigenvalue weighted by atomic mass is 9.98. The van der Waals surface area contributed by atoms with E-state index in [1.54, 1.807) is 0 Å². The summed E-state index contributed by atoms with van der Waals surface area (Å²) in [5.41, 5.74) is 14.8. The third kappa shape index (κ3) is 5.13. The van der Waals surface area contributed by atoms with Crippen molar-refractivity contribution in [3.8, 4) is 6.07 Å². The van der Waals surface area contributed by atoms with Gasteiger partial charge in [-0.2, -0.15) is 5.26 Å². The summed E-state index contributed by atoms with van der Waals surface area (Å²) in [7, 11) is 0. The fourth-order valence-electron chi connectivity index (χ4n) is 6.80. The quantitative estimate of drug-likeness (QED) is 0.220. The maximum atomic E-state index is 9.53. The Kier molecular flexibility index (Phi) is 7.11. The average Bonchev–Trinajstić information content (AvgIpc) is 4.01. The smallest absolute Gasteiger partial charge is 0.0991 e. The van der Waals surface area contributed by atoms with Gasteiger partial charge in [-0.3, -0.25) is 0 Å². The number of allylic oxidation sites excluding steroid dienone is 12. The number of aliphatic imine (C=N–C) groups is 4. The van der Waals surface area contributed by atoms with Gasteiger partial charge in [-0.25, -0.2) is 20.0 Å². The van der Waals surface area contributed by atoms with Gasteiger partial charge in [0.05, 0.1) is 57.3 Å². The molecule has 0 saturated heterocycles. The molecule has 0 saturated carbocycles. The summed E-state index contributed by atoms with van der Waals surface area (Å²) in [6.45, 7) is 0. The molecule has 8 bridgehead atoms. The maximum Gasteiger partial charge on any atom is 0.0991 e. The Labute approximate surface area is 290 Å². The number of fused-ring (bicyclic) bond motifs is 4. The van der Waals surface area contributed by atoms with E-state index in [1.165, 1.54) is 0 Å². The molecule has 0 radical (unpaired) electrons. The molecule has 0 N–H and O–H groups in total. The minimum absolute atomic E-state index is 0.595. The molecule has 5 aliphatic heterocycles. The van der Waals surface area contributed by atoms with Crippen LogP contribution in [0.15, 0.2) is 207 Å². The first-order valence-corrected chi connectivity index (χ1v) is 16.5. The highest BCUT2D eigenvalue weighted by atomic mass is 14.9. The molecule has 0 aromatic heterocycles. The largest absolute Gasteiger partial charge is 0.248 e. The fourth-order valence-corrected chi connectivity index (χ4v) is 6.80. The van der Waals surface area contributed by atoms with E-state index < -0.39 is 0 Å². The van der Waals surface area contributed by atoms with Crippen molar-refractivity contribution < 1.29 is 0 Å². The predicted molar refractivity (Wildman–Crippen MR) is 204 cm³/mol. The van der Waals surface area contributed by atoms with E-state index in [2.05, 4.69) is 91.1 Å². The van der Waals surface area contributed by atoms with Crippen LogP contribution in [0, 0.1) is 11.3 Å². The Bertz CT molecular complexity index is 2480. The second kappa shape index (κ2) is 12.2. The van der Waals surface area contributed by atoms with Gasteiger partial charge in [-0.1, -0.05) is 103 Å². The molecule has 0 fully saturated rings. The van der Waals surface area contributed by atoms with Crippen molar-refractivity contribution in [2.75, 3.05) is 0 Å². The van der Waals surface area contributed by atoms with Crippen LogP contribution in [0.5, 0.6) is 0 Å². The van der Waals surface area contributed by atoms with Crippen LogP contribution in [-0.2, 0) is 0 Å². The SMILES string of the molecule is N#Cc1ccc(C2=C3C=CC(=N3)C(c3ccccc3)=C3C=CC(=N3)C(c3ccccc3)=C3C=CC(=N3)C(c3ccccc3)=C3C=CC2=N3)cc1. The second-order valence-corrected chi connectivity index (χ2v) is 12.1. The number of rotatable bonds is 4. The number of nitrogens with zero attached hydrogens (tertiary/aromatic N) is 5. The molecule has 232 valence electrons. The molecular formula is C45H27N5. The van der Waals surface area contributed by atoms with Gasteiger partial charge in [0, 0.05) is 22.3 Å². The first kappa shape index (κ1) is 29.1. The molecule has 5 heterocycles. The van der Waals surface area contributed by atoms with Crippen LogP contribution in [-0.4, -0.2) is 22.8 Å². The molecule has 5 nitrogen and oxygen atoms in total. The standard InChI is InChI=1S/C45H27N5/c46-28-29-16-18-33(19-17-29)45-40-26-24-38(49-40)43(31-12-6-2-7-13-31)36-22-20-34(47-36)42(30-10-4-1-5-11-30)35-21-23-37(48-35)44(32-14-8-3-9-15-32)39-25-27-41(45)50-39/h1-27H. The molecule has 0 unspecified atom stereocenters. The maximum absolute atomic E-state index is 9.53. The van der Waals surface area contributed by atoms with Crippen molar-refractivity contribution in [1.29, 1.82) is 5.26 Å². The summed E-state index contributed by atoms with van der Waals surface area (Å²) in [5.74, 6) is 0. The molecule has 4 aromatic carbocycles. The molecule has 0 aliphatic carbocycles. The average molecular weight is 638 g/mol. The van der Waals surface area contributed by atoms with Crippen molar-refractivity contribution in [2.24, 2.45) is 20.0 Å². The lowest BCUT2D eigenvalue weighted by Gasteiger charge is -2.12. The van der Waals surface area contributed by atoms with Crippen LogP contribution in [0.4, 0.5) is 0 Å². The zero-order valence-electron chi connectivity index (χ0n) is 26.8. The Hall–Kier alpha value is -7.03. The lowest BCUT2D eigenvalue weighted by Crippen LogP contribution is -2.03. The van der Waals surface area contributed by atoms with E-state index in [1.807, 2.05) is 78.9 Å². The first-order chi connectivity index (χ1) is 24.7. The minimum atomic E-state index is 0.595. The van der Waals surface area contributed by atoms with Gasteiger partial charge < -0.3 is 0 Å². The highest BCUT2D eigenvalue weighted by molar-refractivity contribution is 6.39. The van der Waals surface area contributed by atoms with Crippen LogP contribution < -0.4 is 0 Å². The van der Waals surface area contributed by atoms with Crippen LogP contribution in [0.2, 0.25) is 0 Å². The molecule has 5 heteroatoms. The highest BCUT2D eigenvalue weighted by Crippen LogP contribution is 2.38. The fraction of sp³-hybridized carbons (Fsp3) is 0. The van der Waals surface area contributed by atoms with Gasteiger partial charge in [0.2, 0.25) is 0 Å². The van der Waals surface area contributed by atoms with Gasteiger partial charge >= 0.3 is 0 Å². The van der Waals surface area contributed by atoms with Gasteiger partial charge in [0.15, 0.2) is 0 Å². The number of nitriles is 1. The van der Waals surface area contributed by atoms with Crippen molar-refractivity contribution in [3.63, 3.8) is 0 Å². The van der Waals surface area contributed by atoms with Crippen molar-refractivity contribution in [3.05, 3.63) is 214 Å². The summed E-state index contributed by atoms with van der Waals surface area (Å²) in [6.07, 6.45) is 16.5. The third-order valence-corrected chi connectivity index (χ3v) is 9.10. The summed E-state index contributed by atoms with van der Waals surface area (Å²) < 4.78 is 0. The van der Waals surface area contributed by atoms with Crippen molar-refractivity contribution in [2.45, 2.75) is 0 Å². The number of hydrogen-bond acceptors (Lipinski definition) is 5. The molecular weight excluding hydrogens is 611 g/mol. The zero-order valence-corrected chi connectivity index (χ0v) is 26.8. The molecule has 0 spiro atoms. The molecule has 4 aromatic rings. The van der Waals surface area contributed by atoms with E-state index >= 15 is 0 Å². The van der Waals surface area contributed by atoms with E-state index in [4.69, 9.17) is 20.0 Å². The monoisotopic (exact) mass is 637 g/mol. The Morgan fingerprint density at radius 2 is 0.600 bits per heavy atom. The molecule has 50 heavy (non-hydrogen) atoms. The van der Waals surface area contributed by atoms with Gasteiger partial charge in [0.25, 0.3) is 0 Å². The topological polar surface area (TPSA) is 73.2 Å². The van der Waals surface area contributed by atoms with Crippen LogP contribution in [0.1, 0.15) is 27.8 Å². The molecule has 0 atom stereocenters. The summed E-state index contributed by atoms with van der Waals surface area (Å²) in [5, 5.41) is 9.53. The Balaban J connectivity index is 1.37. The van der Waals surface area contributed by atoms with Crippen LogP contribution in [0.25, 0.3) is 22.3 Å². The number of benzene rings is 4. The van der Waals surface area contributed by atoms with E-state index in [0.29, 0.717) is 5.56 Å². The van der Waals surface area contributed by atoms with Gasteiger partial charge in [-0.05, 0) is 83.0 Å².